The van der Waals surface area contributed by atoms with Gasteiger partial charge in [-0.15, -0.1) is 0 Å². The number of hydrogen-bond acceptors (Lipinski definition) is 1. The van der Waals surface area contributed by atoms with Crippen molar-refractivity contribution in [3.8, 4) is 11.1 Å². The second kappa shape index (κ2) is 4.88. The first-order valence-corrected chi connectivity index (χ1v) is 7.17. The number of hydrogen-bond donors (Lipinski definition) is 1. The molecule has 0 bridgehead atoms. The van der Waals surface area contributed by atoms with Crippen molar-refractivity contribution in [1.29, 1.82) is 0 Å². The third-order valence-corrected chi connectivity index (χ3v) is 4.00. The Morgan fingerprint density at radius 3 is 2.25 bits per heavy atom. The highest BCUT2D eigenvalue weighted by molar-refractivity contribution is 7.71. The summed E-state index contributed by atoms with van der Waals surface area (Å²) in [6.45, 7) is 6.35. The third kappa shape index (κ3) is 2.27. The van der Waals surface area contributed by atoms with Crippen molar-refractivity contribution in [2.24, 2.45) is 0 Å². The lowest BCUT2D eigenvalue weighted by Gasteiger charge is -2.09. The van der Waals surface area contributed by atoms with E-state index in [1.165, 1.54) is 27.6 Å². The number of H-pyrrole nitrogens is 1. The fourth-order valence-corrected chi connectivity index (χ4v) is 2.91. The van der Waals surface area contributed by atoms with Gasteiger partial charge in [-0.2, -0.15) is 0 Å². The van der Waals surface area contributed by atoms with Crippen LogP contribution in [0.5, 0.6) is 0 Å². The standard InChI is InChI=1S/C18H17NS/c1-11-4-6-14(7-5-11)16-10-15-13(3)8-12(2)9-17(15)19-18(16)20/h4-10H,1-3H3,(H,19,20). The minimum Gasteiger partial charge on any atom is -0.346 e. The van der Waals surface area contributed by atoms with Gasteiger partial charge in [-0.3, -0.25) is 0 Å². The zero-order valence-corrected chi connectivity index (χ0v) is 12.8. The molecule has 1 heterocycles. The van der Waals surface area contributed by atoms with Gasteiger partial charge in [0.25, 0.3) is 0 Å². The van der Waals surface area contributed by atoms with E-state index < -0.39 is 0 Å². The highest BCUT2D eigenvalue weighted by Gasteiger charge is 2.05. The van der Waals surface area contributed by atoms with Crippen molar-refractivity contribution in [2.45, 2.75) is 20.8 Å². The summed E-state index contributed by atoms with van der Waals surface area (Å²) in [4.78, 5) is 3.37. The van der Waals surface area contributed by atoms with E-state index in [0.717, 1.165) is 15.7 Å². The Morgan fingerprint density at radius 1 is 0.850 bits per heavy atom. The van der Waals surface area contributed by atoms with Gasteiger partial charge in [0.15, 0.2) is 0 Å². The largest absolute Gasteiger partial charge is 0.346 e. The molecule has 0 saturated heterocycles. The summed E-state index contributed by atoms with van der Waals surface area (Å²) in [5.41, 5.74) is 7.17. The van der Waals surface area contributed by atoms with Crippen LogP contribution in [0.2, 0.25) is 0 Å². The van der Waals surface area contributed by atoms with Crippen molar-refractivity contribution in [2.75, 3.05) is 0 Å². The molecular weight excluding hydrogens is 262 g/mol. The molecule has 0 amide bonds. The van der Waals surface area contributed by atoms with Gasteiger partial charge in [-0.25, -0.2) is 0 Å². The van der Waals surface area contributed by atoms with Crippen LogP contribution >= 0.6 is 12.2 Å². The second-order valence-corrected chi connectivity index (χ2v) is 5.83. The molecule has 0 spiro atoms. The van der Waals surface area contributed by atoms with Gasteiger partial charge in [0, 0.05) is 16.5 Å². The molecule has 0 atom stereocenters. The number of nitrogens with one attached hydrogen (secondary N) is 1. The molecule has 0 aliphatic rings. The van der Waals surface area contributed by atoms with Crippen molar-refractivity contribution < 1.29 is 0 Å². The Bertz CT molecular complexity index is 842. The van der Waals surface area contributed by atoms with Crippen LogP contribution in [0.4, 0.5) is 0 Å². The molecule has 0 unspecified atom stereocenters. The predicted molar refractivity (Wildman–Crippen MR) is 88.8 cm³/mol. The smallest absolute Gasteiger partial charge is 0.111 e. The van der Waals surface area contributed by atoms with Crippen LogP contribution in [0.15, 0.2) is 42.5 Å². The van der Waals surface area contributed by atoms with Gasteiger partial charge < -0.3 is 4.98 Å². The molecule has 0 aliphatic heterocycles. The molecule has 3 aromatic rings. The molecule has 1 aromatic heterocycles. The Kier molecular flexibility index (Phi) is 3.19. The van der Waals surface area contributed by atoms with Gasteiger partial charge in [0.05, 0.1) is 0 Å². The average Bonchev–Trinajstić information content (AvgIpc) is 2.39. The van der Waals surface area contributed by atoms with Gasteiger partial charge in [-0.05, 0) is 49.6 Å². The summed E-state index contributed by atoms with van der Waals surface area (Å²) in [5, 5.41) is 1.24. The lowest BCUT2D eigenvalue weighted by Crippen LogP contribution is -1.89. The van der Waals surface area contributed by atoms with Crippen LogP contribution in [0.1, 0.15) is 16.7 Å². The minimum absolute atomic E-state index is 0.798. The van der Waals surface area contributed by atoms with E-state index in [-0.39, 0.29) is 0 Å². The number of fused-ring (bicyclic) bond motifs is 1. The average molecular weight is 279 g/mol. The summed E-state index contributed by atoms with van der Waals surface area (Å²) in [6, 6.07) is 15.1. The molecule has 2 aromatic carbocycles. The summed E-state index contributed by atoms with van der Waals surface area (Å²) < 4.78 is 0.798. The molecule has 0 fully saturated rings. The van der Waals surface area contributed by atoms with Gasteiger partial charge in [0.1, 0.15) is 4.64 Å². The predicted octanol–water partition coefficient (Wildman–Crippen LogP) is 5.49. The first-order chi connectivity index (χ1) is 9.54. The van der Waals surface area contributed by atoms with E-state index in [9.17, 15) is 0 Å². The summed E-state index contributed by atoms with van der Waals surface area (Å²) in [5.74, 6) is 0. The highest BCUT2D eigenvalue weighted by atomic mass is 32.1. The van der Waals surface area contributed by atoms with E-state index >= 15 is 0 Å². The highest BCUT2D eigenvalue weighted by Crippen LogP contribution is 2.27. The number of pyridine rings is 1. The van der Waals surface area contributed by atoms with Crippen LogP contribution in [-0.2, 0) is 0 Å². The molecular formula is C18H17NS. The number of aryl methyl sites for hydroxylation is 3. The summed E-state index contributed by atoms with van der Waals surface area (Å²) >= 11 is 5.53. The number of rotatable bonds is 1. The normalized spacial score (nSPS) is 10.9. The van der Waals surface area contributed by atoms with Crippen LogP contribution < -0.4 is 0 Å². The molecule has 0 saturated carbocycles. The lowest BCUT2D eigenvalue weighted by atomic mass is 10.0. The molecule has 0 aliphatic carbocycles. The quantitative estimate of drug-likeness (QED) is 0.582. The molecule has 20 heavy (non-hydrogen) atoms. The Hall–Kier alpha value is -1.93. The Morgan fingerprint density at radius 2 is 1.55 bits per heavy atom. The van der Waals surface area contributed by atoms with Crippen LogP contribution in [0.25, 0.3) is 22.0 Å². The van der Waals surface area contributed by atoms with Crippen LogP contribution in [0, 0.1) is 25.4 Å². The summed E-state index contributed by atoms with van der Waals surface area (Å²) in [7, 11) is 0. The van der Waals surface area contributed by atoms with Crippen molar-refractivity contribution >= 4 is 23.1 Å². The van der Waals surface area contributed by atoms with Crippen molar-refractivity contribution in [3.63, 3.8) is 0 Å². The topological polar surface area (TPSA) is 15.8 Å². The molecule has 100 valence electrons. The molecule has 2 heteroatoms. The van der Waals surface area contributed by atoms with Crippen molar-refractivity contribution in [1.82, 2.24) is 4.98 Å². The molecule has 0 radical (unpaired) electrons. The Labute approximate surface area is 124 Å². The Balaban J connectivity index is 2.29. The lowest BCUT2D eigenvalue weighted by molar-refractivity contribution is 1.33. The minimum atomic E-state index is 0.798. The third-order valence-electron chi connectivity index (χ3n) is 3.68. The fraction of sp³-hybridized carbons (Fsp3) is 0.167. The maximum absolute atomic E-state index is 5.53. The first-order valence-electron chi connectivity index (χ1n) is 6.76. The van der Waals surface area contributed by atoms with E-state index in [2.05, 4.69) is 68.2 Å². The maximum Gasteiger partial charge on any atom is 0.111 e. The van der Waals surface area contributed by atoms with E-state index in [0.29, 0.717) is 0 Å². The van der Waals surface area contributed by atoms with Gasteiger partial charge >= 0.3 is 0 Å². The number of aromatic amines is 1. The van der Waals surface area contributed by atoms with Gasteiger partial charge in [0.2, 0.25) is 0 Å². The SMILES string of the molecule is Cc1ccc(-c2cc3c(C)cc(C)cc3[nH]c2=S)cc1. The number of benzene rings is 2. The summed E-state index contributed by atoms with van der Waals surface area (Å²) in [6.07, 6.45) is 0. The van der Waals surface area contributed by atoms with E-state index in [4.69, 9.17) is 12.2 Å². The maximum atomic E-state index is 5.53. The van der Waals surface area contributed by atoms with Crippen molar-refractivity contribution in [3.05, 3.63) is 63.8 Å². The van der Waals surface area contributed by atoms with Crippen LogP contribution in [0.3, 0.4) is 0 Å². The zero-order chi connectivity index (χ0) is 14.3. The van der Waals surface area contributed by atoms with E-state index in [1.54, 1.807) is 0 Å². The molecule has 1 N–H and O–H groups in total. The van der Waals surface area contributed by atoms with Crippen LogP contribution in [-0.4, -0.2) is 4.98 Å². The fourth-order valence-electron chi connectivity index (χ4n) is 2.62. The monoisotopic (exact) mass is 279 g/mol. The number of aromatic nitrogens is 1. The van der Waals surface area contributed by atoms with Gasteiger partial charge in [-0.1, -0.05) is 48.1 Å². The first kappa shape index (κ1) is 13.1. The molecule has 3 rings (SSSR count). The van der Waals surface area contributed by atoms with E-state index in [1.807, 2.05) is 0 Å². The zero-order valence-electron chi connectivity index (χ0n) is 11.9. The second-order valence-electron chi connectivity index (χ2n) is 5.42. The molecule has 1 nitrogen and oxygen atoms in total.